The van der Waals surface area contributed by atoms with Gasteiger partial charge >= 0.3 is 6.18 Å². The minimum atomic E-state index is -4.52. The Morgan fingerprint density at radius 1 is 0.973 bits per heavy atom. The van der Waals surface area contributed by atoms with E-state index in [0.717, 1.165) is 47.3 Å². The first-order valence-electron chi connectivity index (χ1n) is 12.3. The monoisotopic (exact) mass is 513 g/mol. The van der Waals surface area contributed by atoms with E-state index in [9.17, 15) is 22.8 Å². The van der Waals surface area contributed by atoms with Crippen molar-refractivity contribution in [2.24, 2.45) is 7.05 Å². The summed E-state index contributed by atoms with van der Waals surface area (Å²) < 4.78 is 45.4. The number of hydrogen-bond acceptors (Lipinski definition) is 3. The molecule has 3 aromatic rings. The molecule has 0 radical (unpaired) electrons. The van der Waals surface area contributed by atoms with Gasteiger partial charge in [-0.3, -0.25) is 9.59 Å². The lowest BCUT2D eigenvalue weighted by molar-refractivity contribution is -0.143. The Balaban J connectivity index is 1.31. The third-order valence-electron chi connectivity index (χ3n) is 6.64. The van der Waals surface area contributed by atoms with Crippen molar-refractivity contribution in [1.29, 1.82) is 0 Å². The van der Waals surface area contributed by atoms with E-state index in [0.29, 0.717) is 30.9 Å². The molecule has 1 N–H and O–H groups in total. The number of likely N-dealkylation sites (tertiary alicyclic amines) is 1. The molecule has 1 aromatic heterocycles. The average Bonchev–Trinajstić information content (AvgIpc) is 3.30. The number of alkyl halides is 3. The standard InChI is InChI=1S/C28H30F3N3O3/c1-3-18-37-23-10-6-21(7-11-23)27(36)34-16-14-20(15-17-34)19-4-8-22(9-5-19)32-26(35)24-12-13-25(33(24)2)28(29,30)31/h4-13,20H,3,14-18H2,1-2H3,(H,32,35). The lowest BCUT2D eigenvalue weighted by atomic mass is 9.89. The number of halogens is 3. The van der Waals surface area contributed by atoms with Crippen LogP contribution in [0.25, 0.3) is 0 Å². The number of benzene rings is 2. The number of hydrogen-bond donors (Lipinski definition) is 1. The molecule has 9 heteroatoms. The highest BCUT2D eigenvalue weighted by Crippen LogP contribution is 2.31. The molecule has 6 nitrogen and oxygen atoms in total. The van der Waals surface area contributed by atoms with Gasteiger partial charge < -0.3 is 19.5 Å². The average molecular weight is 514 g/mol. The lowest BCUT2D eigenvalue weighted by Crippen LogP contribution is -2.37. The zero-order valence-corrected chi connectivity index (χ0v) is 20.8. The number of nitrogens with zero attached hydrogens (tertiary/aromatic N) is 2. The normalized spacial score (nSPS) is 14.5. The van der Waals surface area contributed by atoms with Gasteiger partial charge in [-0.1, -0.05) is 19.1 Å². The number of carbonyl (C=O) groups is 2. The summed E-state index contributed by atoms with van der Waals surface area (Å²) in [6.45, 7) is 3.97. The number of aromatic nitrogens is 1. The second kappa shape index (κ2) is 11.1. The van der Waals surface area contributed by atoms with Gasteiger partial charge in [-0.2, -0.15) is 13.2 Å². The van der Waals surface area contributed by atoms with E-state index in [4.69, 9.17) is 4.74 Å². The van der Waals surface area contributed by atoms with Crippen LogP contribution in [-0.4, -0.2) is 41.0 Å². The third-order valence-corrected chi connectivity index (χ3v) is 6.64. The van der Waals surface area contributed by atoms with Gasteiger partial charge in [-0.25, -0.2) is 0 Å². The smallest absolute Gasteiger partial charge is 0.431 e. The fourth-order valence-corrected chi connectivity index (χ4v) is 4.57. The van der Waals surface area contributed by atoms with Gasteiger partial charge in [0.2, 0.25) is 0 Å². The summed E-state index contributed by atoms with van der Waals surface area (Å²) in [6, 6.07) is 16.6. The van der Waals surface area contributed by atoms with Crippen molar-refractivity contribution in [1.82, 2.24) is 9.47 Å². The van der Waals surface area contributed by atoms with Crippen LogP contribution in [0, 0.1) is 0 Å². The molecule has 1 aliphatic heterocycles. The molecule has 0 bridgehead atoms. The molecule has 0 aliphatic carbocycles. The van der Waals surface area contributed by atoms with E-state index >= 15 is 0 Å². The first-order chi connectivity index (χ1) is 17.7. The third kappa shape index (κ3) is 6.15. The van der Waals surface area contributed by atoms with Crippen LogP contribution in [0.2, 0.25) is 0 Å². The van der Waals surface area contributed by atoms with Crippen molar-refractivity contribution in [2.45, 2.75) is 38.3 Å². The van der Waals surface area contributed by atoms with Crippen molar-refractivity contribution in [2.75, 3.05) is 25.0 Å². The number of anilines is 1. The Kier molecular flexibility index (Phi) is 7.90. The van der Waals surface area contributed by atoms with Gasteiger partial charge in [-0.15, -0.1) is 0 Å². The summed E-state index contributed by atoms with van der Waals surface area (Å²) in [5, 5.41) is 2.66. The van der Waals surface area contributed by atoms with Gasteiger partial charge in [0.1, 0.15) is 17.1 Å². The predicted molar refractivity (Wildman–Crippen MR) is 135 cm³/mol. The number of rotatable bonds is 7. The van der Waals surface area contributed by atoms with Crippen LogP contribution in [0.3, 0.4) is 0 Å². The minimum Gasteiger partial charge on any atom is -0.494 e. The van der Waals surface area contributed by atoms with Gasteiger partial charge in [0.15, 0.2) is 0 Å². The lowest BCUT2D eigenvalue weighted by Gasteiger charge is -2.32. The summed E-state index contributed by atoms with van der Waals surface area (Å²) in [5.41, 5.74) is 1.29. The minimum absolute atomic E-state index is 0.00732. The number of amides is 2. The molecule has 1 fully saturated rings. The molecule has 0 atom stereocenters. The van der Waals surface area contributed by atoms with Gasteiger partial charge in [-0.05, 0) is 79.3 Å². The van der Waals surface area contributed by atoms with Crippen molar-refractivity contribution < 1.29 is 27.5 Å². The zero-order valence-electron chi connectivity index (χ0n) is 20.8. The van der Waals surface area contributed by atoms with Crippen molar-refractivity contribution in [3.8, 4) is 5.75 Å². The van der Waals surface area contributed by atoms with Crippen LogP contribution in [0.1, 0.15) is 64.2 Å². The number of piperidine rings is 1. The van der Waals surface area contributed by atoms with Gasteiger partial charge in [0, 0.05) is 31.4 Å². The molecule has 2 amide bonds. The Hall–Kier alpha value is -3.75. The highest BCUT2D eigenvalue weighted by molar-refractivity contribution is 6.03. The summed E-state index contributed by atoms with van der Waals surface area (Å²) >= 11 is 0. The Morgan fingerprint density at radius 3 is 2.19 bits per heavy atom. The summed E-state index contributed by atoms with van der Waals surface area (Å²) in [4.78, 5) is 27.3. The molecular formula is C28H30F3N3O3. The second-order valence-electron chi connectivity index (χ2n) is 9.18. The molecule has 2 aromatic carbocycles. The fraction of sp³-hybridized carbons (Fsp3) is 0.357. The number of ether oxygens (including phenoxy) is 1. The Labute approximate surface area is 214 Å². The molecule has 37 heavy (non-hydrogen) atoms. The maximum atomic E-state index is 13.0. The van der Waals surface area contributed by atoms with Gasteiger partial charge in [0.05, 0.1) is 6.61 Å². The number of nitrogens with one attached hydrogen (secondary N) is 1. The van der Waals surface area contributed by atoms with Crippen molar-refractivity contribution in [3.63, 3.8) is 0 Å². The first-order valence-corrected chi connectivity index (χ1v) is 12.3. The topological polar surface area (TPSA) is 63.6 Å². The Bertz CT molecular complexity index is 1230. The van der Waals surface area contributed by atoms with Crippen LogP contribution < -0.4 is 10.1 Å². The van der Waals surface area contributed by atoms with E-state index in [2.05, 4.69) is 5.32 Å². The van der Waals surface area contributed by atoms with Crippen LogP contribution in [0.5, 0.6) is 5.75 Å². The first kappa shape index (κ1) is 26.3. The molecule has 196 valence electrons. The fourth-order valence-electron chi connectivity index (χ4n) is 4.57. The predicted octanol–water partition coefficient (Wildman–Crippen LogP) is 6.10. The van der Waals surface area contributed by atoms with Crippen LogP contribution >= 0.6 is 0 Å². The van der Waals surface area contributed by atoms with Crippen LogP contribution in [-0.2, 0) is 13.2 Å². The number of carbonyl (C=O) groups excluding carboxylic acids is 2. The highest BCUT2D eigenvalue weighted by Gasteiger charge is 2.35. The zero-order chi connectivity index (χ0) is 26.6. The molecule has 4 rings (SSSR count). The largest absolute Gasteiger partial charge is 0.494 e. The van der Waals surface area contributed by atoms with Crippen LogP contribution in [0.15, 0.2) is 60.7 Å². The Morgan fingerprint density at radius 2 is 1.62 bits per heavy atom. The van der Waals surface area contributed by atoms with Gasteiger partial charge in [0.25, 0.3) is 11.8 Å². The SMILES string of the molecule is CCCOc1ccc(C(=O)N2CCC(c3ccc(NC(=O)c4ccc(C(F)(F)F)n4C)cc3)CC2)cc1. The van der Waals surface area contributed by atoms with Crippen molar-refractivity contribution >= 4 is 17.5 Å². The summed E-state index contributed by atoms with van der Waals surface area (Å²) in [7, 11) is 1.22. The molecule has 1 saturated heterocycles. The quantitative estimate of drug-likeness (QED) is 0.415. The summed E-state index contributed by atoms with van der Waals surface area (Å²) in [5.74, 6) is 0.433. The van der Waals surface area contributed by atoms with Crippen LogP contribution in [0.4, 0.5) is 18.9 Å². The molecule has 0 spiro atoms. The molecule has 0 unspecified atom stereocenters. The molecule has 1 aliphatic rings. The molecular weight excluding hydrogens is 483 g/mol. The second-order valence-corrected chi connectivity index (χ2v) is 9.18. The van der Waals surface area contributed by atoms with Crippen molar-refractivity contribution in [3.05, 3.63) is 83.2 Å². The molecule has 0 saturated carbocycles. The van der Waals surface area contributed by atoms with E-state index < -0.39 is 17.8 Å². The maximum Gasteiger partial charge on any atom is 0.431 e. The van der Waals surface area contributed by atoms with E-state index in [1.807, 2.05) is 36.1 Å². The van der Waals surface area contributed by atoms with E-state index in [-0.39, 0.29) is 17.5 Å². The van der Waals surface area contributed by atoms with E-state index in [1.54, 1.807) is 24.3 Å². The maximum absolute atomic E-state index is 13.0. The molecule has 2 heterocycles. The van der Waals surface area contributed by atoms with E-state index in [1.165, 1.54) is 7.05 Å². The highest BCUT2D eigenvalue weighted by atomic mass is 19.4. The summed E-state index contributed by atoms with van der Waals surface area (Å²) in [6.07, 6.45) is -1.97.